The van der Waals surface area contributed by atoms with Gasteiger partial charge in [0, 0.05) is 27.2 Å². The van der Waals surface area contributed by atoms with Crippen LogP contribution in [0.1, 0.15) is 6.92 Å². The van der Waals surface area contributed by atoms with E-state index in [0.717, 1.165) is 6.54 Å². The Kier molecular flexibility index (Phi) is 2.69. The number of likely N-dealkylation sites (N-methyl/N-ethyl adjacent to an activating group) is 1. The van der Waals surface area contributed by atoms with Crippen LogP contribution in [0.25, 0.3) is 0 Å². The van der Waals surface area contributed by atoms with Gasteiger partial charge in [-0.1, -0.05) is 0 Å². The van der Waals surface area contributed by atoms with Crippen molar-refractivity contribution in [1.29, 1.82) is 0 Å². The van der Waals surface area contributed by atoms with Crippen LogP contribution in [0, 0.1) is 0 Å². The third-order valence-electron chi connectivity index (χ3n) is 2.02. The Bertz CT molecular complexity index is 174. The molecule has 70 valence electrons. The van der Waals surface area contributed by atoms with Crippen molar-refractivity contribution < 1.29 is 9.53 Å². The average molecular weight is 172 g/mol. The zero-order chi connectivity index (χ0) is 9.19. The molecule has 0 aromatic heterocycles. The summed E-state index contributed by atoms with van der Waals surface area (Å²) in [5.41, 5.74) is -0.665. The van der Waals surface area contributed by atoms with Crippen molar-refractivity contribution in [2.45, 2.75) is 12.5 Å². The van der Waals surface area contributed by atoms with Crippen molar-refractivity contribution in [3.8, 4) is 0 Å². The first kappa shape index (κ1) is 9.48. The highest BCUT2D eigenvalue weighted by molar-refractivity contribution is 5.84. The van der Waals surface area contributed by atoms with Crippen molar-refractivity contribution in [3.63, 3.8) is 0 Å². The highest BCUT2D eigenvalue weighted by Crippen LogP contribution is 2.14. The Morgan fingerprint density at radius 2 is 2.25 bits per heavy atom. The summed E-state index contributed by atoms with van der Waals surface area (Å²) in [6, 6.07) is 0. The molecule has 4 heteroatoms. The largest absolute Gasteiger partial charge is 0.363 e. The van der Waals surface area contributed by atoms with E-state index in [9.17, 15) is 4.79 Å². The number of hydrogen-bond donors (Lipinski definition) is 1. The predicted molar refractivity (Wildman–Crippen MR) is 45.9 cm³/mol. The smallest absolute Gasteiger partial charge is 0.255 e. The minimum Gasteiger partial charge on any atom is -0.363 e. The van der Waals surface area contributed by atoms with Gasteiger partial charge in [-0.3, -0.25) is 4.79 Å². The third kappa shape index (κ3) is 1.76. The SMILES string of the molecule is CN(C)C(=O)[C@@]1(C)CNCCO1. The zero-order valence-electron chi connectivity index (χ0n) is 7.89. The minimum absolute atomic E-state index is 0.0229. The van der Waals surface area contributed by atoms with E-state index in [2.05, 4.69) is 5.32 Å². The number of nitrogens with zero attached hydrogens (tertiary/aromatic N) is 1. The van der Waals surface area contributed by atoms with E-state index < -0.39 is 5.60 Å². The fourth-order valence-electron chi connectivity index (χ4n) is 1.34. The van der Waals surface area contributed by atoms with Crippen molar-refractivity contribution in [2.75, 3.05) is 33.8 Å². The molecule has 1 saturated heterocycles. The fraction of sp³-hybridized carbons (Fsp3) is 0.875. The van der Waals surface area contributed by atoms with Crippen LogP contribution in [0.2, 0.25) is 0 Å². The molecular weight excluding hydrogens is 156 g/mol. The predicted octanol–water partition coefficient (Wildman–Crippen LogP) is -0.547. The molecule has 1 amide bonds. The van der Waals surface area contributed by atoms with Crippen molar-refractivity contribution in [3.05, 3.63) is 0 Å². The fourth-order valence-corrected chi connectivity index (χ4v) is 1.34. The maximum atomic E-state index is 11.6. The number of ether oxygens (including phenoxy) is 1. The molecule has 0 aliphatic carbocycles. The molecular formula is C8H16N2O2. The summed E-state index contributed by atoms with van der Waals surface area (Å²) in [4.78, 5) is 13.1. The van der Waals surface area contributed by atoms with Gasteiger partial charge in [-0.15, -0.1) is 0 Å². The zero-order valence-corrected chi connectivity index (χ0v) is 7.89. The number of rotatable bonds is 1. The summed E-state index contributed by atoms with van der Waals surface area (Å²) in [6.07, 6.45) is 0. The van der Waals surface area contributed by atoms with E-state index in [1.54, 1.807) is 19.0 Å². The minimum atomic E-state index is -0.665. The summed E-state index contributed by atoms with van der Waals surface area (Å²) in [7, 11) is 3.48. The van der Waals surface area contributed by atoms with Crippen LogP contribution < -0.4 is 5.32 Å². The lowest BCUT2D eigenvalue weighted by Gasteiger charge is -2.34. The molecule has 1 aliphatic rings. The van der Waals surface area contributed by atoms with Crippen LogP contribution in [0.3, 0.4) is 0 Å². The number of carbonyl (C=O) groups is 1. The number of carbonyl (C=O) groups excluding carboxylic acids is 1. The summed E-state index contributed by atoms with van der Waals surface area (Å²) in [6.45, 7) is 3.86. The van der Waals surface area contributed by atoms with Gasteiger partial charge in [0.15, 0.2) is 5.60 Å². The van der Waals surface area contributed by atoms with Crippen LogP contribution in [0.4, 0.5) is 0 Å². The van der Waals surface area contributed by atoms with Crippen LogP contribution in [0.15, 0.2) is 0 Å². The average Bonchev–Trinajstić information content (AvgIpc) is 2.04. The van der Waals surface area contributed by atoms with Gasteiger partial charge in [0.1, 0.15) is 0 Å². The summed E-state index contributed by atoms with van der Waals surface area (Å²) < 4.78 is 5.43. The standard InChI is InChI=1S/C8H16N2O2/c1-8(7(11)10(2)3)6-9-4-5-12-8/h9H,4-6H2,1-3H3/t8-/m1/s1. The van der Waals surface area contributed by atoms with E-state index in [1.165, 1.54) is 0 Å². The second kappa shape index (κ2) is 3.41. The van der Waals surface area contributed by atoms with E-state index in [-0.39, 0.29) is 5.91 Å². The second-order valence-electron chi connectivity index (χ2n) is 3.46. The van der Waals surface area contributed by atoms with Crippen LogP contribution in [-0.2, 0) is 9.53 Å². The molecule has 1 N–H and O–H groups in total. The summed E-state index contributed by atoms with van der Waals surface area (Å²) in [5.74, 6) is 0.0229. The van der Waals surface area contributed by atoms with Crippen molar-refractivity contribution in [2.24, 2.45) is 0 Å². The normalized spacial score (nSPS) is 29.9. The van der Waals surface area contributed by atoms with Gasteiger partial charge in [-0.05, 0) is 6.92 Å². The lowest BCUT2D eigenvalue weighted by atomic mass is 10.0. The monoisotopic (exact) mass is 172 g/mol. The van der Waals surface area contributed by atoms with Crippen LogP contribution >= 0.6 is 0 Å². The van der Waals surface area contributed by atoms with Crippen molar-refractivity contribution in [1.82, 2.24) is 10.2 Å². The highest BCUT2D eigenvalue weighted by atomic mass is 16.5. The third-order valence-corrected chi connectivity index (χ3v) is 2.02. The van der Waals surface area contributed by atoms with E-state index >= 15 is 0 Å². The molecule has 1 aliphatic heterocycles. The lowest BCUT2D eigenvalue weighted by Crippen LogP contribution is -2.56. The molecule has 0 aromatic carbocycles. The summed E-state index contributed by atoms with van der Waals surface area (Å²) in [5, 5.41) is 3.14. The topological polar surface area (TPSA) is 41.6 Å². The van der Waals surface area contributed by atoms with Gasteiger partial charge in [0.2, 0.25) is 0 Å². The van der Waals surface area contributed by atoms with Gasteiger partial charge < -0.3 is 15.0 Å². The molecule has 0 aromatic rings. The first-order valence-corrected chi connectivity index (χ1v) is 4.13. The Morgan fingerprint density at radius 3 is 2.67 bits per heavy atom. The van der Waals surface area contributed by atoms with Crippen LogP contribution in [-0.4, -0.2) is 50.2 Å². The molecule has 0 unspecified atom stereocenters. The Labute approximate surface area is 72.9 Å². The second-order valence-corrected chi connectivity index (χ2v) is 3.46. The van der Waals surface area contributed by atoms with E-state index in [0.29, 0.717) is 13.2 Å². The van der Waals surface area contributed by atoms with Crippen molar-refractivity contribution >= 4 is 5.91 Å². The molecule has 1 heterocycles. The van der Waals surface area contributed by atoms with Gasteiger partial charge in [-0.25, -0.2) is 0 Å². The maximum absolute atomic E-state index is 11.6. The Morgan fingerprint density at radius 1 is 1.58 bits per heavy atom. The number of amides is 1. The number of nitrogens with one attached hydrogen (secondary N) is 1. The molecule has 0 saturated carbocycles. The first-order valence-electron chi connectivity index (χ1n) is 4.13. The molecule has 4 nitrogen and oxygen atoms in total. The molecule has 1 fully saturated rings. The molecule has 0 spiro atoms. The molecule has 1 atom stereocenters. The molecule has 1 rings (SSSR count). The van der Waals surface area contributed by atoms with Gasteiger partial charge in [0.25, 0.3) is 5.91 Å². The quantitative estimate of drug-likeness (QED) is 0.577. The molecule has 0 radical (unpaired) electrons. The molecule has 0 bridgehead atoms. The number of hydrogen-bond acceptors (Lipinski definition) is 3. The summed E-state index contributed by atoms with van der Waals surface area (Å²) >= 11 is 0. The Hall–Kier alpha value is -0.610. The van der Waals surface area contributed by atoms with E-state index in [4.69, 9.17) is 4.74 Å². The Balaban J connectivity index is 2.62. The highest BCUT2D eigenvalue weighted by Gasteiger charge is 2.36. The van der Waals surface area contributed by atoms with Gasteiger partial charge in [-0.2, -0.15) is 0 Å². The lowest BCUT2D eigenvalue weighted by molar-refractivity contribution is -0.156. The van der Waals surface area contributed by atoms with Crippen LogP contribution in [0.5, 0.6) is 0 Å². The van der Waals surface area contributed by atoms with E-state index in [1.807, 2.05) is 6.92 Å². The first-order chi connectivity index (χ1) is 5.56. The number of morpholine rings is 1. The van der Waals surface area contributed by atoms with Gasteiger partial charge in [0.05, 0.1) is 6.61 Å². The maximum Gasteiger partial charge on any atom is 0.255 e. The van der Waals surface area contributed by atoms with Gasteiger partial charge >= 0.3 is 0 Å². The molecule has 12 heavy (non-hydrogen) atoms.